The molecule has 2 aromatic rings. The number of hydrogen-bond donors (Lipinski definition) is 0. The predicted octanol–water partition coefficient (Wildman–Crippen LogP) is 2.91. The van der Waals surface area contributed by atoms with Crippen LogP contribution in [0.5, 0.6) is 5.88 Å². The van der Waals surface area contributed by atoms with Crippen molar-refractivity contribution in [2.24, 2.45) is 0 Å². The van der Waals surface area contributed by atoms with E-state index < -0.39 is 0 Å². The van der Waals surface area contributed by atoms with Crippen LogP contribution in [0.15, 0.2) is 24.4 Å². The van der Waals surface area contributed by atoms with E-state index in [1.165, 1.54) is 18.4 Å². The van der Waals surface area contributed by atoms with Crippen molar-refractivity contribution in [2.75, 3.05) is 27.2 Å². The normalized spacial score (nSPS) is 11.2. The van der Waals surface area contributed by atoms with Gasteiger partial charge >= 0.3 is 0 Å². The number of nitrogens with zero attached hydrogens (tertiary/aromatic N) is 3. The van der Waals surface area contributed by atoms with Crippen LogP contribution >= 0.6 is 0 Å². The highest BCUT2D eigenvalue weighted by molar-refractivity contribution is 5.78. The van der Waals surface area contributed by atoms with Crippen LogP contribution in [0.3, 0.4) is 0 Å². The fourth-order valence-electron chi connectivity index (χ4n) is 2.23. The fraction of sp³-hybridized carbons (Fsp3) is 0.500. The Morgan fingerprint density at radius 2 is 2.05 bits per heavy atom. The van der Waals surface area contributed by atoms with Crippen LogP contribution in [0.1, 0.15) is 25.3 Å². The van der Waals surface area contributed by atoms with E-state index in [9.17, 15) is 0 Å². The van der Waals surface area contributed by atoms with Crippen molar-refractivity contribution in [3.05, 3.63) is 30.0 Å². The Morgan fingerprint density at radius 3 is 2.80 bits per heavy atom. The maximum absolute atomic E-state index is 5.21. The molecule has 0 fully saturated rings. The van der Waals surface area contributed by atoms with Crippen molar-refractivity contribution in [3.8, 4) is 5.88 Å². The molecule has 0 N–H and O–H groups in total. The SMILES string of the molecule is CCCCN(C)CCc1ccnc2ccc(OC)nc12. The molecule has 2 aromatic heterocycles. The molecule has 4 heteroatoms. The first-order chi connectivity index (χ1) is 9.74. The Kier molecular flexibility index (Phi) is 5.30. The van der Waals surface area contributed by atoms with Crippen molar-refractivity contribution < 1.29 is 4.74 Å². The third kappa shape index (κ3) is 3.67. The second kappa shape index (κ2) is 7.20. The van der Waals surface area contributed by atoms with E-state index in [1.807, 2.05) is 18.3 Å². The van der Waals surface area contributed by atoms with Crippen LogP contribution in [0.4, 0.5) is 0 Å². The van der Waals surface area contributed by atoms with E-state index in [4.69, 9.17) is 4.74 Å². The highest BCUT2D eigenvalue weighted by Gasteiger charge is 2.06. The molecule has 0 bridgehead atoms. The second-order valence-electron chi connectivity index (χ2n) is 5.10. The molecule has 0 saturated carbocycles. The zero-order valence-corrected chi connectivity index (χ0v) is 12.6. The van der Waals surface area contributed by atoms with Gasteiger partial charge in [0.1, 0.15) is 0 Å². The van der Waals surface area contributed by atoms with E-state index in [-0.39, 0.29) is 0 Å². The van der Waals surface area contributed by atoms with Crippen LogP contribution in [-0.4, -0.2) is 42.1 Å². The van der Waals surface area contributed by atoms with Gasteiger partial charge in [0.15, 0.2) is 0 Å². The monoisotopic (exact) mass is 273 g/mol. The molecule has 0 aliphatic carbocycles. The lowest BCUT2D eigenvalue weighted by molar-refractivity contribution is 0.332. The summed E-state index contributed by atoms with van der Waals surface area (Å²) in [6, 6.07) is 5.88. The van der Waals surface area contributed by atoms with Crippen LogP contribution in [0.2, 0.25) is 0 Å². The molecule has 0 radical (unpaired) electrons. The second-order valence-corrected chi connectivity index (χ2v) is 5.10. The summed E-state index contributed by atoms with van der Waals surface area (Å²) in [5, 5.41) is 0. The van der Waals surface area contributed by atoms with Gasteiger partial charge in [-0.2, -0.15) is 0 Å². The van der Waals surface area contributed by atoms with Crippen molar-refractivity contribution in [1.82, 2.24) is 14.9 Å². The predicted molar refractivity (Wildman–Crippen MR) is 82.2 cm³/mol. The number of pyridine rings is 2. The minimum absolute atomic E-state index is 0.645. The van der Waals surface area contributed by atoms with Crippen LogP contribution in [0.25, 0.3) is 11.0 Å². The van der Waals surface area contributed by atoms with Crippen molar-refractivity contribution >= 4 is 11.0 Å². The highest BCUT2D eigenvalue weighted by Crippen LogP contribution is 2.18. The summed E-state index contributed by atoms with van der Waals surface area (Å²) in [7, 11) is 3.82. The first kappa shape index (κ1) is 14.7. The summed E-state index contributed by atoms with van der Waals surface area (Å²) in [6.45, 7) is 4.41. The Hall–Kier alpha value is -1.68. The lowest BCUT2D eigenvalue weighted by Crippen LogP contribution is -2.22. The average molecular weight is 273 g/mol. The molecular formula is C16H23N3O. The molecular weight excluding hydrogens is 250 g/mol. The van der Waals surface area contributed by atoms with E-state index in [1.54, 1.807) is 7.11 Å². The summed E-state index contributed by atoms with van der Waals surface area (Å²) in [5.41, 5.74) is 3.12. The molecule has 108 valence electrons. The molecule has 0 aliphatic heterocycles. The zero-order chi connectivity index (χ0) is 14.4. The van der Waals surface area contributed by atoms with Gasteiger partial charge < -0.3 is 9.64 Å². The number of methoxy groups -OCH3 is 1. The number of aromatic nitrogens is 2. The maximum atomic E-state index is 5.21. The Labute approximate surface area is 120 Å². The lowest BCUT2D eigenvalue weighted by atomic mass is 10.1. The first-order valence-corrected chi connectivity index (χ1v) is 7.21. The van der Waals surface area contributed by atoms with Gasteiger partial charge in [-0.3, -0.25) is 4.98 Å². The molecule has 0 aliphatic rings. The molecule has 0 atom stereocenters. The van der Waals surface area contributed by atoms with Gasteiger partial charge in [-0.1, -0.05) is 13.3 Å². The van der Waals surface area contributed by atoms with Crippen LogP contribution < -0.4 is 4.74 Å². The molecule has 0 saturated heterocycles. The van der Waals surface area contributed by atoms with Crippen LogP contribution in [-0.2, 0) is 6.42 Å². The molecule has 0 spiro atoms. The molecule has 0 unspecified atom stereocenters. The summed E-state index contributed by atoms with van der Waals surface area (Å²) >= 11 is 0. The van der Waals surface area contributed by atoms with Gasteiger partial charge in [-0.05, 0) is 44.1 Å². The van der Waals surface area contributed by atoms with Gasteiger partial charge in [0.25, 0.3) is 0 Å². The maximum Gasteiger partial charge on any atom is 0.213 e. The summed E-state index contributed by atoms with van der Waals surface area (Å²) < 4.78 is 5.21. The Balaban J connectivity index is 2.12. The van der Waals surface area contributed by atoms with Crippen molar-refractivity contribution in [3.63, 3.8) is 0 Å². The lowest BCUT2D eigenvalue weighted by Gasteiger charge is -2.16. The smallest absolute Gasteiger partial charge is 0.213 e. The number of unbranched alkanes of at least 4 members (excludes halogenated alkanes) is 1. The fourth-order valence-corrected chi connectivity index (χ4v) is 2.23. The quantitative estimate of drug-likeness (QED) is 0.777. The standard InChI is InChI=1S/C16H23N3O/c1-4-5-11-19(2)12-9-13-8-10-17-14-6-7-15(20-3)18-16(13)14/h6-8,10H,4-5,9,11-12H2,1-3H3. The van der Waals surface area contributed by atoms with E-state index in [0.29, 0.717) is 5.88 Å². The van der Waals surface area contributed by atoms with Gasteiger partial charge in [-0.25, -0.2) is 4.98 Å². The molecule has 20 heavy (non-hydrogen) atoms. The van der Waals surface area contributed by atoms with Gasteiger partial charge in [0.2, 0.25) is 5.88 Å². The van der Waals surface area contributed by atoms with Crippen molar-refractivity contribution in [2.45, 2.75) is 26.2 Å². The summed E-state index contributed by atoms with van der Waals surface area (Å²) in [4.78, 5) is 11.3. The van der Waals surface area contributed by atoms with Gasteiger partial charge in [0.05, 0.1) is 18.1 Å². The number of hydrogen-bond acceptors (Lipinski definition) is 4. The Morgan fingerprint density at radius 1 is 1.20 bits per heavy atom. The average Bonchev–Trinajstić information content (AvgIpc) is 2.50. The zero-order valence-electron chi connectivity index (χ0n) is 12.6. The Bertz CT molecular complexity index is 556. The molecule has 2 rings (SSSR count). The molecule has 4 nitrogen and oxygen atoms in total. The summed E-state index contributed by atoms with van der Waals surface area (Å²) in [6.07, 6.45) is 5.33. The van der Waals surface area contributed by atoms with E-state index in [0.717, 1.165) is 30.5 Å². The number of rotatable bonds is 7. The largest absolute Gasteiger partial charge is 0.481 e. The highest BCUT2D eigenvalue weighted by atomic mass is 16.5. The molecule has 0 amide bonds. The number of ether oxygens (including phenoxy) is 1. The number of fused-ring (bicyclic) bond motifs is 1. The van der Waals surface area contributed by atoms with E-state index in [2.05, 4.69) is 34.9 Å². The third-order valence-corrected chi connectivity index (χ3v) is 3.51. The number of likely N-dealkylation sites (N-methyl/N-ethyl adjacent to an activating group) is 1. The van der Waals surface area contributed by atoms with E-state index >= 15 is 0 Å². The minimum Gasteiger partial charge on any atom is -0.481 e. The van der Waals surface area contributed by atoms with Crippen molar-refractivity contribution in [1.29, 1.82) is 0 Å². The topological polar surface area (TPSA) is 38.2 Å². The third-order valence-electron chi connectivity index (χ3n) is 3.51. The summed E-state index contributed by atoms with van der Waals surface area (Å²) in [5.74, 6) is 0.645. The minimum atomic E-state index is 0.645. The first-order valence-electron chi connectivity index (χ1n) is 7.21. The van der Waals surface area contributed by atoms with Gasteiger partial charge in [-0.15, -0.1) is 0 Å². The molecule has 2 heterocycles. The van der Waals surface area contributed by atoms with Crippen LogP contribution in [0, 0.1) is 0 Å². The molecule has 0 aromatic carbocycles. The van der Waals surface area contributed by atoms with Gasteiger partial charge in [0, 0.05) is 18.8 Å².